The van der Waals surface area contributed by atoms with Crippen LogP contribution in [0.1, 0.15) is 24.7 Å². The van der Waals surface area contributed by atoms with Crippen molar-refractivity contribution in [1.82, 2.24) is 24.1 Å². The van der Waals surface area contributed by atoms with Crippen LogP contribution < -0.4 is 5.56 Å². The van der Waals surface area contributed by atoms with Crippen molar-refractivity contribution in [1.29, 1.82) is 0 Å². The molecule has 2 aromatic carbocycles. The highest BCUT2D eigenvalue weighted by Gasteiger charge is 2.20. The normalized spacial score (nSPS) is 11.7. The minimum atomic E-state index is -0.0348. The van der Waals surface area contributed by atoms with Crippen molar-refractivity contribution in [3.8, 4) is 0 Å². The average molecular weight is 397 g/mol. The fourth-order valence-electron chi connectivity index (χ4n) is 4.08. The zero-order valence-corrected chi connectivity index (χ0v) is 17.2. The Balaban J connectivity index is 1.81. The van der Waals surface area contributed by atoms with Gasteiger partial charge in [0.15, 0.2) is 11.3 Å². The van der Waals surface area contributed by atoms with Gasteiger partial charge in [-0.05, 0) is 37.5 Å². The van der Waals surface area contributed by atoms with Crippen LogP contribution in [0.4, 0.5) is 0 Å². The average Bonchev–Trinajstić information content (AvgIpc) is 3.06. The lowest BCUT2D eigenvalue weighted by Crippen LogP contribution is -2.24. The van der Waals surface area contributed by atoms with Gasteiger partial charge in [-0.2, -0.15) is 0 Å². The van der Waals surface area contributed by atoms with Crippen LogP contribution in [-0.2, 0) is 19.5 Å². The molecule has 0 spiro atoms. The van der Waals surface area contributed by atoms with Crippen molar-refractivity contribution in [2.24, 2.45) is 0 Å². The van der Waals surface area contributed by atoms with Crippen molar-refractivity contribution in [2.45, 2.75) is 39.8 Å². The van der Waals surface area contributed by atoms with E-state index in [4.69, 9.17) is 15.0 Å². The van der Waals surface area contributed by atoms with Gasteiger partial charge >= 0.3 is 0 Å². The molecule has 0 aliphatic rings. The number of hydrogen-bond acceptors (Lipinski definition) is 4. The highest BCUT2D eigenvalue weighted by atomic mass is 16.1. The van der Waals surface area contributed by atoms with Crippen LogP contribution in [-0.4, -0.2) is 24.1 Å². The smallest absolute Gasteiger partial charge is 0.265 e. The van der Waals surface area contributed by atoms with Gasteiger partial charge in [-0.25, -0.2) is 15.0 Å². The fourth-order valence-corrected chi connectivity index (χ4v) is 4.08. The first-order valence-electron chi connectivity index (χ1n) is 10.4. The molecule has 30 heavy (non-hydrogen) atoms. The van der Waals surface area contributed by atoms with E-state index in [1.807, 2.05) is 49.4 Å². The Labute approximate surface area is 173 Å². The van der Waals surface area contributed by atoms with Crippen molar-refractivity contribution in [2.75, 3.05) is 0 Å². The van der Waals surface area contributed by atoms with Crippen LogP contribution >= 0.6 is 0 Å². The molecule has 5 aromatic rings. The number of hydrogen-bond donors (Lipinski definition) is 0. The molecule has 6 nitrogen and oxygen atoms in total. The molecule has 6 heteroatoms. The van der Waals surface area contributed by atoms with E-state index in [0.717, 1.165) is 35.3 Å². The summed E-state index contributed by atoms with van der Waals surface area (Å²) in [4.78, 5) is 28.0. The summed E-state index contributed by atoms with van der Waals surface area (Å²) in [6.07, 6.45) is 1.70. The van der Waals surface area contributed by atoms with Crippen molar-refractivity contribution < 1.29 is 0 Å². The maximum absolute atomic E-state index is 13.4. The molecule has 0 atom stereocenters. The Morgan fingerprint density at radius 1 is 0.800 bits per heavy atom. The fraction of sp³-hybridized carbons (Fsp3) is 0.250. The van der Waals surface area contributed by atoms with Crippen molar-refractivity contribution in [3.63, 3.8) is 0 Å². The topological polar surface area (TPSA) is 65.6 Å². The number of nitrogens with zero attached hydrogens (tertiary/aromatic N) is 5. The van der Waals surface area contributed by atoms with E-state index in [9.17, 15) is 4.79 Å². The third kappa shape index (κ3) is 2.96. The molecule has 5 rings (SSSR count). The first kappa shape index (κ1) is 18.5. The number of para-hydroxylation sites is 2. The summed E-state index contributed by atoms with van der Waals surface area (Å²) in [5.74, 6) is 0.725. The summed E-state index contributed by atoms with van der Waals surface area (Å²) in [7, 11) is 0. The monoisotopic (exact) mass is 397 g/mol. The van der Waals surface area contributed by atoms with E-state index in [0.29, 0.717) is 29.6 Å². The van der Waals surface area contributed by atoms with Gasteiger partial charge < -0.3 is 4.57 Å². The lowest BCUT2D eigenvalue weighted by molar-refractivity contribution is 0.622. The second-order valence-electron chi connectivity index (χ2n) is 7.59. The maximum Gasteiger partial charge on any atom is 0.265 e. The number of aryl methyl sites for hydroxylation is 3. The second-order valence-corrected chi connectivity index (χ2v) is 7.59. The molecular formula is C24H23N5O. The van der Waals surface area contributed by atoms with Crippen LogP contribution in [0.25, 0.3) is 33.2 Å². The summed E-state index contributed by atoms with van der Waals surface area (Å²) in [6, 6.07) is 18.1. The Bertz CT molecular complexity index is 1430. The Morgan fingerprint density at radius 3 is 2.23 bits per heavy atom. The minimum absolute atomic E-state index is 0.0348. The number of aromatic nitrogens is 5. The first-order chi connectivity index (χ1) is 14.7. The molecule has 0 unspecified atom stereocenters. The van der Waals surface area contributed by atoms with E-state index in [1.54, 1.807) is 4.57 Å². The Kier molecular flexibility index (Phi) is 4.54. The summed E-state index contributed by atoms with van der Waals surface area (Å²) in [5.41, 5.74) is 4.83. The van der Waals surface area contributed by atoms with Crippen LogP contribution in [0.15, 0.2) is 59.4 Å². The van der Waals surface area contributed by atoms with Crippen LogP contribution in [0.3, 0.4) is 0 Å². The molecule has 3 aromatic heterocycles. The predicted octanol–water partition coefficient (Wildman–Crippen LogP) is 4.26. The molecule has 0 N–H and O–H groups in total. The summed E-state index contributed by atoms with van der Waals surface area (Å²) >= 11 is 0. The lowest BCUT2D eigenvalue weighted by atomic mass is 10.1. The van der Waals surface area contributed by atoms with Gasteiger partial charge in [0.25, 0.3) is 5.56 Å². The molecule has 0 amide bonds. The van der Waals surface area contributed by atoms with Gasteiger partial charge in [0, 0.05) is 13.1 Å². The third-order valence-corrected chi connectivity index (χ3v) is 5.56. The molecule has 0 radical (unpaired) electrons. The van der Waals surface area contributed by atoms with E-state index in [-0.39, 0.29) is 5.56 Å². The molecular weight excluding hydrogens is 374 g/mol. The van der Waals surface area contributed by atoms with Crippen LogP contribution in [0, 0.1) is 6.92 Å². The summed E-state index contributed by atoms with van der Waals surface area (Å²) in [6.45, 7) is 5.28. The summed E-state index contributed by atoms with van der Waals surface area (Å²) < 4.78 is 3.81. The van der Waals surface area contributed by atoms with Crippen molar-refractivity contribution in [3.05, 3.63) is 76.3 Å². The van der Waals surface area contributed by atoms with Gasteiger partial charge in [-0.1, -0.05) is 49.4 Å². The van der Waals surface area contributed by atoms with Crippen LogP contribution in [0.5, 0.6) is 0 Å². The van der Waals surface area contributed by atoms with Gasteiger partial charge in [-0.15, -0.1) is 0 Å². The van der Waals surface area contributed by atoms with Gasteiger partial charge in [0.05, 0.1) is 11.0 Å². The first-order valence-corrected chi connectivity index (χ1v) is 10.4. The molecule has 0 saturated heterocycles. The van der Waals surface area contributed by atoms with E-state index in [2.05, 4.69) is 23.6 Å². The number of benzene rings is 2. The highest BCUT2D eigenvalue weighted by molar-refractivity contribution is 6.04. The zero-order valence-electron chi connectivity index (χ0n) is 17.2. The highest BCUT2D eigenvalue weighted by Crippen LogP contribution is 2.26. The maximum atomic E-state index is 13.4. The van der Waals surface area contributed by atoms with Crippen LogP contribution in [0.2, 0.25) is 0 Å². The van der Waals surface area contributed by atoms with Crippen molar-refractivity contribution >= 4 is 33.2 Å². The summed E-state index contributed by atoms with van der Waals surface area (Å²) in [5, 5.41) is 0.565. The van der Waals surface area contributed by atoms with Gasteiger partial charge in [0.1, 0.15) is 16.7 Å². The SMILES string of the molecule is CCCn1c(C)nc2c(c1=O)c1nc3ccccc3nc1n2CCc1ccccc1. The molecule has 0 aliphatic carbocycles. The molecule has 0 saturated carbocycles. The van der Waals surface area contributed by atoms with E-state index in [1.165, 1.54) is 5.56 Å². The largest absolute Gasteiger partial charge is 0.308 e. The minimum Gasteiger partial charge on any atom is -0.308 e. The van der Waals surface area contributed by atoms with Gasteiger partial charge in [0.2, 0.25) is 0 Å². The lowest BCUT2D eigenvalue weighted by Gasteiger charge is -2.10. The molecule has 0 fully saturated rings. The zero-order chi connectivity index (χ0) is 20.7. The number of fused-ring (bicyclic) bond motifs is 4. The second kappa shape index (κ2) is 7.37. The Hall–Kier alpha value is -3.54. The molecule has 3 heterocycles. The van der Waals surface area contributed by atoms with E-state index < -0.39 is 0 Å². The Morgan fingerprint density at radius 2 is 1.50 bits per heavy atom. The number of rotatable bonds is 5. The molecule has 150 valence electrons. The van der Waals surface area contributed by atoms with E-state index >= 15 is 0 Å². The molecule has 0 bridgehead atoms. The predicted molar refractivity (Wildman–Crippen MR) is 120 cm³/mol. The standard InChI is InChI=1S/C24H23N5O/c1-3-14-28-16(2)25-22-20(24(28)30)21-23(27-19-12-8-7-11-18(19)26-21)29(22)15-13-17-9-5-4-6-10-17/h4-12H,3,13-15H2,1-2H3. The molecule has 0 aliphatic heterocycles. The third-order valence-electron chi connectivity index (χ3n) is 5.56. The van der Waals surface area contributed by atoms with Gasteiger partial charge in [-0.3, -0.25) is 9.36 Å². The quantitative estimate of drug-likeness (QED) is 0.445.